The second kappa shape index (κ2) is 6.87. The summed E-state index contributed by atoms with van der Waals surface area (Å²) in [6.45, 7) is 0. The molecule has 3 aromatic rings. The Labute approximate surface area is 139 Å². The summed E-state index contributed by atoms with van der Waals surface area (Å²) in [6, 6.07) is 21.7. The lowest BCUT2D eigenvalue weighted by molar-refractivity contribution is -0.135. The van der Waals surface area contributed by atoms with Crippen molar-refractivity contribution in [2.75, 3.05) is 0 Å². The summed E-state index contributed by atoms with van der Waals surface area (Å²) in [6.07, 6.45) is 0. The van der Waals surface area contributed by atoms with Crippen LogP contribution in [0.15, 0.2) is 78.9 Å². The van der Waals surface area contributed by atoms with Crippen molar-refractivity contribution >= 4 is 5.97 Å². The van der Waals surface area contributed by atoms with E-state index in [9.17, 15) is 15.0 Å². The highest BCUT2D eigenvalue weighted by Gasteiger charge is 2.25. The number of benzene rings is 3. The smallest absolute Gasteiger partial charge is 0.323 e. The van der Waals surface area contributed by atoms with Crippen molar-refractivity contribution in [2.45, 2.75) is 5.92 Å². The first-order valence-electron chi connectivity index (χ1n) is 7.48. The Balaban J connectivity index is 1.96. The minimum absolute atomic E-state index is 0.125. The van der Waals surface area contributed by atoms with Crippen LogP contribution in [0.25, 0.3) is 0 Å². The van der Waals surface area contributed by atoms with Crippen molar-refractivity contribution in [3.63, 3.8) is 0 Å². The molecule has 0 aromatic heterocycles. The number of carbonyl (C=O) groups excluding carboxylic acids is 1. The highest BCUT2D eigenvalue weighted by Crippen LogP contribution is 2.29. The molecule has 0 saturated heterocycles. The van der Waals surface area contributed by atoms with Gasteiger partial charge in [-0.05, 0) is 47.5 Å². The molecule has 0 aliphatic carbocycles. The Morgan fingerprint density at radius 3 is 1.62 bits per heavy atom. The Hall–Kier alpha value is -3.27. The van der Waals surface area contributed by atoms with Crippen molar-refractivity contribution in [1.29, 1.82) is 0 Å². The van der Waals surface area contributed by atoms with Gasteiger partial charge in [0.1, 0.15) is 23.2 Å². The van der Waals surface area contributed by atoms with E-state index in [-0.39, 0.29) is 11.5 Å². The van der Waals surface area contributed by atoms with Crippen LogP contribution in [0, 0.1) is 0 Å². The SMILES string of the molecule is O=C(Oc1ccccc1)C(c1ccc(O)cc1)c1ccc(O)cc1. The van der Waals surface area contributed by atoms with Crippen molar-refractivity contribution in [3.8, 4) is 17.2 Å². The van der Waals surface area contributed by atoms with E-state index < -0.39 is 11.9 Å². The third-order valence-electron chi connectivity index (χ3n) is 3.65. The van der Waals surface area contributed by atoms with Gasteiger partial charge >= 0.3 is 5.97 Å². The van der Waals surface area contributed by atoms with Crippen molar-refractivity contribution in [1.82, 2.24) is 0 Å². The predicted molar refractivity (Wildman–Crippen MR) is 90.1 cm³/mol. The lowest BCUT2D eigenvalue weighted by Crippen LogP contribution is -2.20. The fraction of sp³-hybridized carbons (Fsp3) is 0.0500. The van der Waals surface area contributed by atoms with E-state index >= 15 is 0 Å². The number of phenolic OH excluding ortho intramolecular Hbond substituents is 2. The summed E-state index contributed by atoms with van der Waals surface area (Å²) in [5.74, 6) is -0.381. The molecule has 120 valence electrons. The van der Waals surface area contributed by atoms with Crippen LogP contribution in [0.3, 0.4) is 0 Å². The normalized spacial score (nSPS) is 10.5. The van der Waals surface area contributed by atoms with E-state index in [2.05, 4.69) is 0 Å². The molecule has 0 atom stereocenters. The lowest BCUT2D eigenvalue weighted by atomic mass is 9.91. The summed E-state index contributed by atoms with van der Waals surface area (Å²) in [5.41, 5.74) is 1.39. The van der Waals surface area contributed by atoms with Gasteiger partial charge in [-0.25, -0.2) is 0 Å². The molecule has 0 aliphatic heterocycles. The molecule has 24 heavy (non-hydrogen) atoms. The highest BCUT2D eigenvalue weighted by atomic mass is 16.5. The average Bonchev–Trinajstić information content (AvgIpc) is 2.59. The maximum Gasteiger partial charge on any atom is 0.323 e. The molecule has 3 rings (SSSR count). The zero-order chi connectivity index (χ0) is 16.9. The molecule has 0 radical (unpaired) electrons. The number of hydrogen-bond acceptors (Lipinski definition) is 4. The van der Waals surface area contributed by atoms with Crippen LogP contribution in [0.1, 0.15) is 17.0 Å². The first-order chi connectivity index (χ1) is 11.6. The molecule has 4 heteroatoms. The van der Waals surface area contributed by atoms with Gasteiger partial charge in [0, 0.05) is 0 Å². The average molecular weight is 320 g/mol. The molecule has 0 amide bonds. The Kier molecular flexibility index (Phi) is 4.47. The molecule has 2 N–H and O–H groups in total. The van der Waals surface area contributed by atoms with Crippen LogP contribution in [0.2, 0.25) is 0 Å². The molecule has 0 unspecified atom stereocenters. The monoisotopic (exact) mass is 320 g/mol. The number of esters is 1. The van der Waals surface area contributed by atoms with Gasteiger partial charge in [0.15, 0.2) is 0 Å². The summed E-state index contributed by atoms with van der Waals surface area (Å²) in [4.78, 5) is 12.7. The summed E-state index contributed by atoms with van der Waals surface area (Å²) in [7, 11) is 0. The van der Waals surface area contributed by atoms with Gasteiger partial charge in [-0.1, -0.05) is 42.5 Å². The minimum Gasteiger partial charge on any atom is -0.508 e. The van der Waals surface area contributed by atoms with E-state index in [0.717, 1.165) is 0 Å². The first-order valence-corrected chi connectivity index (χ1v) is 7.48. The predicted octanol–water partition coefficient (Wildman–Crippen LogP) is 3.84. The third-order valence-corrected chi connectivity index (χ3v) is 3.65. The molecule has 0 saturated carbocycles. The van der Waals surface area contributed by atoms with E-state index in [0.29, 0.717) is 16.9 Å². The zero-order valence-electron chi connectivity index (χ0n) is 12.8. The molecule has 4 nitrogen and oxygen atoms in total. The van der Waals surface area contributed by atoms with Crippen LogP contribution in [-0.2, 0) is 4.79 Å². The second-order valence-electron chi connectivity index (χ2n) is 5.35. The topological polar surface area (TPSA) is 66.8 Å². The van der Waals surface area contributed by atoms with Crippen LogP contribution in [0.4, 0.5) is 0 Å². The molecule has 3 aromatic carbocycles. The van der Waals surface area contributed by atoms with Gasteiger partial charge in [0.05, 0.1) is 0 Å². The first kappa shape index (κ1) is 15.6. The fourth-order valence-corrected chi connectivity index (χ4v) is 2.46. The summed E-state index contributed by atoms with van der Waals surface area (Å²) >= 11 is 0. The number of phenols is 2. The molecule has 0 heterocycles. The van der Waals surface area contributed by atoms with Crippen LogP contribution in [0.5, 0.6) is 17.2 Å². The second-order valence-corrected chi connectivity index (χ2v) is 5.35. The largest absolute Gasteiger partial charge is 0.508 e. The maximum atomic E-state index is 12.7. The van der Waals surface area contributed by atoms with Crippen LogP contribution in [-0.4, -0.2) is 16.2 Å². The van der Waals surface area contributed by atoms with Crippen LogP contribution < -0.4 is 4.74 Å². The molecular formula is C20H16O4. The van der Waals surface area contributed by atoms with Gasteiger partial charge < -0.3 is 14.9 Å². The number of para-hydroxylation sites is 1. The quantitative estimate of drug-likeness (QED) is 0.566. The lowest BCUT2D eigenvalue weighted by Gasteiger charge is -2.17. The van der Waals surface area contributed by atoms with Gasteiger partial charge in [-0.15, -0.1) is 0 Å². The van der Waals surface area contributed by atoms with E-state index in [1.807, 2.05) is 6.07 Å². The third kappa shape index (κ3) is 3.55. The standard InChI is InChI=1S/C20H16O4/c21-16-10-6-14(7-11-16)19(15-8-12-17(22)13-9-15)20(23)24-18-4-2-1-3-5-18/h1-13,19,21-22H. The number of carbonyl (C=O) groups is 1. The Morgan fingerprint density at radius 1 is 0.708 bits per heavy atom. The number of aromatic hydroxyl groups is 2. The summed E-state index contributed by atoms with van der Waals surface area (Å²) < 4.78 is 5.48. The van der Waals surface area contributed by atoms with Gasteiger partial charge in [0.2, 0.25) is 0 Å². The number of rotatable bonds is 4. The van der Waals surface area contributed by atoms with Crippen molar-refractivity contribution in [2.24, 2.45) is 0 Å². The van der Waals surface area contributed by atoms with Crippen molar-refractivity contribution in [3.05, 3.63) is 90.0 Å². The van der Waals surface area contributed by atoms with Crippen LogP contribution >= 0.6 is 0 Å². The minimum atomic E-state index is -0.661. The summed E-state index contributed by atoms with van der Waals surface area (Å²) in [5, 5.41) is 18.9. The maximum absolute atomic E-state index is 12.7. The van der Waals surface area contributed by atoms with E-state index in [1.54, 1.807) is 48.5 Å². The van der Waals surface area contributed by atoms with E-state index in [1.165, 1.54) is 24.3 Å². The van der Waals surface area contributed by atoms with Gasteiger partial charge in [-0.3, -0.25) is 4.79 Å². The van der Waals surface area contributed by atoms with E-state index in [4.69, 9.17) is 4.74 Å². The Bertz CT molecular complexity index is 763. The van der Waals surface area contributed by atoms with Gasteiger partial charge in [0.25, 0.3) is 0 Å². The zero-order valence-corrected chi connectivity index (χ0v) is 12.8. The highest BCUT2D eigenvalue weighted by molar-refractivity contribution is 5.84. The molecular weight excluding hydrogens is 304 g/mol. The number of ether oxygens (including phenoxy) is 1. The molecule has 0 spiro atoms. The number of hydrogen-bond donors (Lipinski definition) is 2. The van der Waals surface area contributed by atoms with Crippen molar-refractivity contribution < 1.29 is 19.7 Å². The Morgan fingerprint density at radius 2 is 1.17 bits per heavy atom. The molecule has 0 aliphatic rings. The molecule has 0 bridgehead atoms. The molecule has 0 fully saturated rings. The van der Waals surface area contributed by atoms with Gasteiger partial charge in [-0.2, -0.15) is 0 Å². The fourth-order valence-electron chi connectivity index (χ4n) is 2.46.